The molecule has 0 spiro atoms. The standard InChI is InChI=1S/C16H20FNO3/c1-11(7-12-3-2-4-13(17)9-12)8-15(19)18(10-16(20)21)14-5-6-14/h2-4,9,11,14H,5-8,10H2,1H3,(H,20,21). The second kappa shape index (κ2) is 6.70. The van der Waals surface area contributed by atoms with E-state index in [4.69, 9.17) is 5.11 Å². The van der Waals surface area contributed by atoms with Crippen molar-refractivity contribution in [2.45, 2.75) is 38.6 Å². The molecule has 21 heavy (non-hydrogen) atoms. The van der Waals surface area contributed by atoms with Gasteiger partial charge in [-0.25, -0.2) is 4.39 Å². The molecule has 1 aliphatic rings. The Morgan fingerprint density at radius 1 is 1.43 bits per heavy atom. The summed E-state index contributed by atoms with van der Waals surface area (Å²) in [7, 11) is 0. The average molecular weight is 293 g/mol. The Bertz CT molecular complexity index is 528. The van der Waals surface area contributed by atoms with Crippen LogP contribution in [-0.4, -0.2) is 34.5 Å². The predicted molar refractivity (Wildman–Crippen MR) is 76.3 cm³/mol. The first-order chi connectivity index (χ1) is 9.95. The van der Waals surface area contributed by atoms with Crippen LogP contribution in [0.15, 0.2) is 24.3 Å². The molecule has 0 radical (unpaired) electrons. The van der Waals surface area contributed by atoms with Crippen LogP contribution in [0.1, 0.15) is 31.7 Å². The fraction of sp³-hybridized carbons (Fsp3) is 0.500. The largest absolute Gasteiger partial charge is 0.480 e. The Balaban J connectivity index is 1.89. The van der Waals surface area contributed by atoms with Crippen molar-refractivity contribution in [2.24, 2.45) is 5.92 Å². The van der Waals surface area contributed by atoms with Crippen molar-refractivity contribution in [2.75, 3.05) is 6.54 Å². The van der Waals surface area contributed by atoms with E-state index >= 15 is 0 Å². The molecule has 114 valence electrons. The summed E-state index contributed by atoms with van der Waals surface area (Å²) in [5.74, 6) is -1.33. The zero-order valence-corrected chi connectivity index (χ0v) is 12.1. The summed E-state index contributed by atoms with van der Waals surface area (Å²) in [6.45, 7) is 1.70. The molecule has 5 heteroatoms. The minimum absolute atomic E-state index is 0.0503. The molecule has 1 amide bonds. The Labute approximate surface area is 123 Å². The van der Waals surface area contributed by atoms with Crippen molar-refractivity contribution in [1.29, 1.82) is 0 Å². The predicted octanol–water partition coefficient (Wildman–Crippen LogP) is 2.47. The number of rotatable bonds is 7. The molecule has 2 rings (SSSR count). The molecule has 0 saturated heterocycles. The van der Waals surface area contributed by atoms with E-state index < -0.39 is 5.97 Å². The third-order valence-electron chi connectivity index (χ3n) is 3.61. The van der Waals surface area contributed by atoms with E-state index in [-0.39, 0.29) is 30.2 Å². The molecule has 0 aliphatic heterocycles. The van der Waals surface area contributed by atoms with Crippen molar-refractivity contribution in [3.8, 4) is 0 Å². The van der Waals surface area contributed by atoms with Gasteiger partial charge in [-0.15, -0.1) is 0 Å². The van der Waals surface area contributed by atoms with Crippen LogP contribution in [0.2, 0.25) is 0 Å². The fourth-order valence-electron chi connectivity index (χ4n) is 2.51. The molecule has 0 aromatic heterocycles. The van der Waals surface area contributed by atoms with E-state index in [2.05, 4.69) is 0 Å². The summed E-state index contributed by atoms with van der Waals surface area (Å²) >= 11 is 0. The van der Waals surface area contributed by atoms with Gasteiger partial charge in [0.25, 0.3) is 0 Å². The first-order valence-electron chi connectivity index (χ1n) is 7.21. The van der Waals surface area contributed by atoms with Gasteiger partial charge in [0.15, 0.2) is 0 Å². The monoisotopic (exact) mass is 293 g/mol. The van der Waals surface area contributed by atoms with Crippen molar-refractivity contribution in [3.05, 3.63) is 35.6 Å². The van der Waals surface area contributed by atoms with E-state index in [1.807, 2.05) is 13.0 Å². The van der Waals surface area contributed by atoms with Gasteiger partial charge in [0.05, 0.1) is 0 Å². The maximum absolute atomic E-state index is 13.1. The molecule has 1 aromatic carbocycles. The zero-order valence-electron chi connectivity index (χ0n) is 12.1. The number of aliphatic carboxylic acids is 1. The molecule has 1 aliphatic carbocycles. The van der Waals surface area contributed by atoms with Gasteiger partial charge in [-0.2, -0.15) is 0 Å². The highest BCUT2D eigenvalue weighted by molar-refractivity contribution is 5.82. The Morgan fingerprint density at radius 2 is 2.14 bits per heavy atom. The van der Waals surface area contributed by atoms with Crippen LogP contribution in [0.25, 0.3) is 0 Å². The number of hydrogen-bond acceptors (Lipinski definition) is 2. The Kier molecular flexibility index (Phi) is 4.94. The van der Waals surface area contributed by atoms with Gasteiger partial charge in [-0.3, -0.25) is 9.59 Å². The molecular weight excluding hydrogens is 273 g/mol. The van der Waals surface area contributed by atoms with Crippen LogP contribution >= 0.6 is 0 Å². The number of amides is 1. The topological polar surface area (TPSA) is 57.6 Å². The number of carboxylic acids is 1. The summed E-state index contributed by atoms with van der Waals surface area (Å²) < 4.78 is 13.1. The van der Waals surface area contributed by atoms with Crippen LogP contribution < -0.4 is 0 Å². The maximum atomic E-state index is 13.1. The summed E-state index contributed by atoms with van der Waals surface area (Å²) in [6, 6.07) is 6.44. The number of carbonyl (C=O) groups excluding carboxylic acids is 1. The van der Waals surface area contributed by atoms with Crippen molar-refractivity contribution >= 4 is 11.9 Å². The van der Waals surface area contributed by atoms with E-state index in [1.54, 1.807) is 6.07 Å². The molecule has 1 N–H and O–H groups in total. The number of carbonyl (C=O) groups is 2. The Morgan fingerprint density at radius 3 is 2.71 bits per heavy atom. The highest BCUT2D eigenvalue weighted by atomic mass is 19.1. The SMILES string of the molecule is CC(CC(=O)N(CC(=O)O)C1CC1)Cc1cccc(F)c1. The summed E-state index contributed by atoms with van der Waals surface area (Å²) in [5, 5.41) is 8.87. The summed E-state index contributed by atoms with van der Waals surface area (Å²) in [5.41, 5.74) is 0.853. The lowest BCUT2D eigenvalue weighted by Gasteiger charge is -2.22. The molecule has 4 nitrogen and oxygen atoms in total. The molecule has 1 unspecified atom stereocenters. The normalized spacial score (nSPS) is 15.5. The van der Waals surface area contributed by atoms with Gasteiger partial charge >= 0.3 is 5.97 Å². The summed E-state index contributed by atoms with van der Waals surface area (Å²) in [6.07, 6.45) is 2.67. The van der Waals surface area contributed by atoms with Crippen molar-refractivity contribution in [3.63, 3.8) is 0 Å². The number of benzene rings is 1. The van der Waals surface area contributed by atoms with Gasteiger partial charge < -0.3 is 10.0 Å². The average Bonchev–Trinajstić information content (AvgIpc) is 3.19. The van der Waals surface area contributed by atoms with E-state index in [0.29, 0.717) is 12.8 Å². The minimum atomic E-state index is -0.979. The molecule has 0 heterocycles. The smallest absolute Gasteiger partial charge is 0.323 e. The van der Waals surface area contributed by atoms with Crippen molar-refractivity contribution in [1.82, 2.24) is 4.90 Å². The molecule has 1 fully saturated rings. The minimum Gasteiger partial charge on any atom is -0.480 e. The number of nitrogens with zero attached hydrogens (tertiary/aromatic N) is 1. The van der Waals surface area contributed by atoms with E-state index in [1.165, 1.54) is 17.0 Å². The van der Waals surface area contributed by atoms with Crippen molar-refractivity contribution < 1.29 is 19.1 Å². The Hall–Kier alpha value is -1.91. The lowest BCUT2D eigenvalue weighted by Crippen LogP contribution is -2.38. The second-order valence-corrected chi connectivity index (χ2v) is 5.79. The van der Waals surface area contributed by atoms with Gasteiger partial charge in [0.2, 0.25) is 5.91 Å². The van der Waals surface area contributed by atoms with Crippen LogP contribution in [0, 0.1) is 11.7 Å². The fourth-order valence-corrected chi connectivity index (χ4v) is 2.51. The lowest BCUT2D eigenvalue weighted by molar-refractivity contribution is -0.145. The molecule has 1 saturated carbocycles. The summed E-state index contributed by atoms with van der Waals surface area (Å²) in [4.78, 5) is 24.5. The van der Waals surface area contributed by atoms with E-state index in [9.17, 15) is 14.0 Å². The second-order valence-electron chi connectivity index (χ2n) is 5.79. The lowest BCUT2D eigenvalue weighted by atomic mass is 9.97. The molecule has 1 aromatic rings. The molecule has 0 bridgehead atoms. The first-order valence-corrected chi connectivity index (χ1v) is 7.21. The zero-order chi connectivity index (χ0) is 15.4. The van der Waals surface area contributed by atoms with Gasteiger partial charge in [-0.1, -0.05) is 19.1 Å². The van der Waals surface area contributed by atoms with Crippen LogP contribution in [-0.2, 0) is 16.0 Å². The highest BCUT2D eigenvalue weighted by Gasteiger charge is 2.34. The molecule has 1 atom stereocenters. The van der Waals surface area contributed by atoms with Gasteiger partial charge in [0.1, 0.15) is 12.4 Å². The quantitative estimate of drug-likeness (QED) is 0.840. The number of carboxylic acid groups (broad SMARTS) is 1. The van der Waals surface area contributed by atoms with Gasteiger partial charge in [-0.05, 0) is 42.9 Å². The van der Waals surface area contributed by atoms with E-state index in [0.717, 1.165) is 18.4 Å². The maximum Gasteiger partial charge on any atom is 0.323 e. The first kappa shape index (κ1) is 15.5. The molecular formula is C16H20FNO3. The van der Waals surface area contributed by atoms with Crippen LogP contribution in [0.4, 0.5) is 4.39 Å². The van der Waals surface area contributed by atoms with Crippen LogP contribution in [0.5, 0.6) is 0 Å². The third-order valence-corrected chi connectivity index (χ3v) is 3.61. The van der Waals surface area contributed by atoms with Crippen LogP contribution in [0.3, 0.4) is 0 Å². The number of halogens is 1. The number of hydrogen-bond donors (Lipinski definition) is 1. The third kappa shape index (κ3) is 4.85. The van der Waals surface area contributed by atoms with Gasteiger partial charge in [0, 0.05) is 12.5 Å². The highest BCUT2D eigenvalue weighted by Crippen LogP contribution is 2.28.